The molecule has 0 radical (unpaired) electrons. The second-order valence-electron chi connectivity index (χ2n) is 8.05. The third-order valence-corrected chi connectivity index (χ3v) is 6.12. The standard InChI is InChI=1S/C23H30N4O2/c1-18-9-11-27(12-10-18)23(28)22-8-5-20(17-24-22)26-15-13-25(14-16-26)19-3-6-21(29-2)7-4-19/h3-8,17-18H,9-16H2,1-2H3. The van der Waals surface area contributed by atoms with Gasteiger partial charge in [0.1, 0.15) is 11.4 Å². The molecule has 0 saturated carbocycles. The number of carbonyl (C=O) groups is 1. The van der Waals surface area contributed by atoms with Gasteiger partial charge >= 0.3 is 0 Å². The first-order valence-corrected chi connectivity index (χ1v) is 10.5. The Kier molecular flexibility index (Phi) is 5.88. The van der Waals surface area contributed by atoms with Crippen LogP contribution in [0.5, 0.6) is 5.75 Å². The summed E-state index contributed by atoms with van der Waals surface area (Å²) in [5.41, 5.74) is 2.86. The molecule has 2 aliphatic heterocycles. The van der Waals surface area contributed by atoms with Crippen molar-refractivity contribution >= 4 is 17.3 Å². The number of rotatable bonds is 4. The molecule has 0 unspecified atom stereocenters. The van der Waals surface area contributed by atoms with Gasteiger partial charge in [0, 0.05) is 45.0 Å². The van der Waals surface area contributed by atoms with Crippen LogP contribution in [-0.4, -0.2) is 62.2 Å². The second-order valence-corrected chi connectivity index (χ2v) is 8.05. The van der Waals surface area contributed by atoms with E-state index in [0.29, 0.717) is 11.6 Å². The maximum absolute atomic E-state index is 12.7. The largest absolute Gasteiger partial charge is 0.497 e. The number of piperidine rings is 1. The molecular formula is C23H30N4O2. The van der Waals surface area contributed by atoms with Crippen LogP contribution in [0.25, 0.3) is 0 Å². The minimum absolute atomic E-state index is 0.0628. The number of ether oxygens (including phenoxy) is 1. The average Bonchev–Trinajstić information content (AvgIpc) is 2.79. The van der Waals surface area contributed by atoms with Crippen LogP contribution < -0.4 is 14.5 Å². The van der Waals surface area contributed by atoms with E-state index < -0.39 is 0 Å². The van der Waals surface area contributed by atoms with Crippen LogP contribution in [0, 0.1) is 5.92 Å². The number of hydrogen-bond donors (Lipinski definition) is 0. The summed E-state index contributed by atoms with van der Waals surface area (Å²) >= 11 is 0. The number of carbonyl (C=O) groups excluding carboxylic acids is 1. The Morgan fingerprint density at radius 2 is 1.48 bits per heavy atom. The summed E-state index contributed by atoms with van der Waals surface area (Å²) in [5.74, 6) is 1.66. The van der Waals surface area contributed by atoms with Crippen molar-refractivity contribution in [3.05, 3.63) is 48.3 Å². The van der Waals surface area contributed by atoms with Gasteiger partial charge in [-0.2, -0.15) is 0 Å². The lowest BCUT2D eigenvalue weighted by molar-refractivity contribution is 0.0691. The Hall–Kier alpha value is -2.76. The van der Waals surface area contributed by atoms with Gasteiger partial charge in [-0.15, -0.1) is 0 Å². The Morgan fingerprint density at radius 1 is 0.897 bits per heavy atom. The van der Waals surface area contributed by atoms with Crippen molar-refractivity contribution in [3.63, 3.8) is 0 Å². The summed E-state index contributed by atoms with van der Waals surface area (Å²) in [4.78, 5) is 23.8. The molecule has 6 nitrogen and oxygen atoms in total. The SMILES string of the molecule is COc1ccc(N2CCN(c3ccc(C(=O)N4CCC(C)CC4)nc3)CC2)cc1. The minimum Gasteiger partial charge on any atom is -0.497 e. The number of likely N-dealkylation sites (tertiary alicyclic amines) is 1. The topological polar surface area (TPSA) is 48.9 Å². The molecule has 1 amide bonds. The lowest BCUT2D eigenvalue weighted by Gasteiger charge is -2.37. The van der Waals surface area contributed by atoms with E-state index in [2.05, 4.69) is 33.8 Å². The number of amides is 1. The fourth-order valence-corrected chi connectivity index (χ4v) is 4.09. The summed E-state index contributed by atoms with van der Waals surface area (Å²) in [5, 5.41) is 0. The quantitative estimate of drug-likeness (QED) is 0.796. The molecule has 0 atom stereocenters. The van der Waals surface area contributed by atoms with Crippen molar-refractivity contribution in [1.29, 1.82) is 0 Å². The van der Waals surface area contributed by atoms with Crippen molar-refractivity contribution in [3.8, 4) is 5.75 Å². The van der Waals surface area contributed by atoms with Crippen LogP contribution in [0.4, 0.5) is 11.4 Å². The van der Waals surface area contributed by atoms with Gasteiger partial charge < -0.3 is 19.4 Å². The molecule has 0 N–H and O–H groups in total. The van der Waals surface area contributed by atoms with E-state index in [0.717, 1.165) is 63.5 Å². The lowest BCUT2D eigenvalue weighted by Crippen LogP contribution is -2.46. The normalized spacial score (nSPS) is 18.1. The van der Waals surface area contributed by atoms with E-state index in [1.807, 2.05) is 35.4 Å². The smallest absolute Gasteiger partial charge is 0.272 e. The first-order chi connectivity index (χ1) is 14.1. The predicted octanol–water partition coefficient (Wildman–Crippen LogP) is 3.29. The Morgan fingerprint density at radius 3 is 2.03 bits per heavy atom. The maximum Gasteiger partial charge on any atom is 0.272 e. The van der Waals surface area contributed by atoms with Gasteiger partial charge in [0.25, 0.3) is 5.91 Å². The minimum atomic E-state index is 0.0628. The van der Waals surface area contributed by atoms with Gasteiger partial charge in [0.2, 0.25) is 0 Å². The Balaban J connectivity index is 1.33. The number of pyridine rings is 1. The maximum atomic E-state index is 12.7. The zero-order valence-corrected chi connectivity index (χ0v) is 17.4. The third kappa shape index (κ3) is 4.47. The molecule has 2 aliphatic rings. The highest BCUT2D eigenvalue weighted by Gasteiger charge is 2.23. The number of hydrogen-bond acceptors (Lipinski definition) is 5. The molecule has 4 rings (SSSR count). The van der Waals surface area contributed by atoms with Crippen LogP contribution in [0.1, 0.15) is 30.3 Å². The number of anilines is 2. The highest BCUT2D eigenvalue weighted by Crippen LogP contribution is 2.23. The molecule has 154 valence electrons. The van der Waals surface area contributed by atoms with Crippen molar-refractivity contribution in [2.24, 2.45) is 5.92 Å². The molecule has 6 heteroatoms. The zero-order valence-electron chi connectivity index (χ0n) is 17.4. The van der Waals surface area contributed by atoms with E-state index >= 15 is 0 Å². The van der Waals surface area contributed by atoms with Crippen molar-refractivity contribution in [2.45, 2.75) is 19.8 Å². The van der Waals surface area contributed by atoms with Crippen molar-refractivity contribution in [2.75, 3.05) is 56.2 Å². The van der Waals surface area contributed by atoms with Crippen LogP contribution in [0.15, 0.2) is 42.6 Å². The second kappa shape index (κ2) is 8.72. The van der Waals surface area contributed by atoms with Crippen LogP contribution in [-0.2, 0) is 0 Å². The number of benzene rings is 1. The number of piperazine rings is 1. The first kappa shape index (κ1) is 19.6. The zero-order chi connectivity index (χ0) is 20.2. The molecule has 2 saturated heterocycles. The van der Waals surface area contributed by atoms with Crippen LogP contribution in [0.3, 0.4) is 0 Å². The van der Waals surface area contributed by atoms with E-state index in [4.69, 9.17) is 4.74 Å². The molecule has 0 spiro atoms. The molecular weight excluding hydrogens is 364 g/mol. The van der Waals surface area contributed by atoms with Crippen molar-refractivity contribution < 1.29 is 9.53 Å². The lowest BCUT2D eigenvalue weighted by atomic mass is 9.99. The molecule has 0 bridgehead atoms. The molecule has 1 aromatic heterocycles. The van der Waals surface area contributed by atoms with Gasteiger partial charge in [-0.3, -0.25) is 4.79 Å². The number of nitrogens with zero attached hydrogens (tertiary/aromatic N) is 4. The Labute approximate surface area is 173 Å². The van der Waals surface area contributed by atoms with E-state index in [1.165, 1.54) is 5.69 Å². The van der Waals surface area contributed by atoms with Gasteiger partial charge in [-0.25, -0.2) is 4.98 Å². The first-order valence-electron chi connectivity index (χ1n) is 10.5. The Bertz CT molecular complexity index is 806. The van der Waals surface area contributed by atoms with Gasteiger partial charge in [0.15, 0.2) is 0 Å². The van der Waals surface area contributed by atoms with Gasteiger partial charge in [-0.1, -0.05) is 6.92 Å². The summed E-state index contributed by atoms with van der Waals surface area (Å²) in [6, 6.07) is 12.1. The fraction of sp³-hybridized carbons (Fsp3) is 0.478. The van der Waals surface area contributed by atoms with E-state index in [-0.39, 0.29) is 5.91 Å². The molecule has 2 fully saturated rings. The number of aromatic nitrogens is 1. The van der Waals surface area contributed by atoms with Crippen LogP contribution in [0.2, 0.25) is 0 Å². The molecule has 3 heterocycles. The predicted molar refractivity (Wildman–Crippen MR) is 116 cm³/mol. The van der Waals surface area contributed by atoms with Gasteiger partial charge in [0.05, 0.1) is 19.0 Å². The average molecular weight is 395 g/mol. The highest BCUT2D eigenvalue weighted by molar-refractivity contribution is 5.92. The summed E-state index contributed by atoms with van der Waals surface area (Å²) < 4.78 is 5.24. The monoisotopic (exact) mass is 394 g/mol. The summed E-state index contributed by atoms with van der Waals surface area (Å²) in [6.45, 7) is 7.73. The van der Waals surface area contributed by atoms with E-state index in [9.17, 15) is 4.79 Å². The summed E-state index contributed by atoms with van der Waals surface area (Å²) in [7, 11) is 1.69. The molecule has 1 aromatic carbocycles. The van der Waals surface area contributed by atoms with E-state index in [1.54, 1.807) is 7.11 Å². The van der Waals surface area contributed by atoms with Gasteiger partial charge in [-0.05, 0) is 55.2 Å². The molecule has 29 heavy (non-hydrogen) atoms. The summed E-state index contributed by atoms with van der Waals surface area (Å²) in [6.07, 6.45) is 4.02. The molecule has 2 aromatic rings. The number of methoxy groups -OCH3 is 1. The molecule has 0 aliphatic carbocycles. The van der Waals surface area contributed by atoms with Crippen LogP contribution >= 0.6 is 0 Å². The fourth-order valence-electron chi connectivity index (χ4n) is 4.09. The van der Waals surface area contributed by atoms with Crippen molar-refractivity contribution in [1.82, 2.24) is 9.88 Å². The highest BCUT2D eigenvalue weighted by atomic mass is 16.5. The third-order valence-electron chi connectivity index (χ3n) is 6.12.